The van der Waals surface area contributed by atoms with Crippen LogP contribution in [0.3, 0.4) is 0 Å². The van der Waals surface area contributed by atoms with Gasteiger partial charge in [0.05, 0.1) is 12.7 Å². The molecule has 2 saturated heterocycles. The number of rotatable bonds is 8. The minimum atomic E-state index is 0. The summed E-state index contributed by atoms with van der Waals surface area (Å²) in [6, 6.07) is 0.605. The summed E-state index contributed by atoms with van der Waals surface area (Å²) in [4.78, 5) is 9.50. The Hall–Kier alpha value is -0.120. The van der Waals surface area contributed by atoms with Gasteiger partial charge >= 0.3 is 0 Å². The van der Waals surface area contributed by atoms with Crippen LogP contribution in [-0.4, -0.2) is 87.4 Å². The van der Waals surface area contributed by atoms with Crippen molar-refractivity contribution in [1.29, 1.82) is 0 Å². The van der Waals surface area contributed by atoms with Crippen LogP contribution in [0.2, 0.25) is 0 Å². The van der Waals surface area contributed by atoms with Crippen LogP contribution in [0.25, 0.3) is 0 Å². The standard InChI is InChI=1S/C19H39N5O.HI/c1-5-17(24-8-6-7-9-24)12-21-19(20-4)22-13-18-15-23(10-11-25-18)14-16(2)3;/h16-18H,5-15H2,1-4H3,(H2,20,21,22);1H. The molecule has 26 heavy (non-hydrogen) atoms. The Morgan fingerprint density at radius 1 is 1.19 bits per heavy atom. The topological polar surface area (TPSA) is 52.1 Å². The average molecular weight is 481 g/mol. The van der Waals surface area contributed by atoms with Crippen LogP contribution in [0, 0.1) is 5.92 Å². The molecule has 0 aliphatic carbocycles. The zero-order valence-electron chi connectivity index (χ0n) is 17.2. The average Bonchev–Trinajstić information content (AvgIpc) is 3.12. The molecule has 2 aliphatic rings. The first-order chi connectivity index (χ1) is 12.1. The van der Waals surface area contributed by atoms with E-state index in [-0.39, 0.29) is 30.1 Å². The maximum atomic E-state index is 5.92. The van der Waals surface area contributed by atoms with Gasteiger partial charge in [0.15, 0.2) is 5.96 Å². The van der Waals surface area contributed by atoms with E-state index in [9.17, 15) is 0 Å². The molecule has 0 bridgehead atoms. The highest BCUT2D eigenvalue weighted by Crippen LogP contribution is 2.13. The number of ether oxygens (including phenoxy) is 1. The quantitative estimate of drug-likeness (QED) is 0.316. The van der Waals surface area contributed by atoms with Crippen molar-refractivity contribution in [3.05, 3.63) is 0 Å². The van der Waals surface area contributed by atoms with Crippen LogP contribution in [-0.2, 0) is 4.74 Å². The van der Waals surface area contributed by atoms with Gasteiger partial charge in [-0.25, -0.2) is 0 Å². The van der Waals surface area contributed by atoms with Gasteiger partial charge in [-0.2, -0.15) is 0 Å². The molecule has 2 atom stereocenters. The molecule has 2 unspecified atom stereocenters. The van der Waals surface area contributed by atoms with Gasteiger partial charge in [-0.1, -0.05) is 20.8 Å². The smallest absolute Gasteiger partial charge is 0.191 e. The monoisotopic (exact) mass is 481 g/mol. The van der Waals surface area contributed by atoms with Gasteiger partial charge in [0.1, 0.15) is 0 Å². The van der Waals surface area contributed by atoms with Crippen LogP contribution in [0.4, 0.5) is 0 Å². The van der Waals surface area contributed by atoms with E-state index < -0.39 is 0 Å². The lowest BCUT2D eigenvalue weighted by Gasteiger charge is -2.34. The van der Waals surface area contributed by atoms with Gasteiger partial charge in [-0.15, -0.1) is 24.0 Å². The first kappa shape index (κ1) is 23.9. The Balaban J connectivity index is 0.00000338. The zero-order valence-corrected chi connectivity index (χ0v) is 19.5. The summed E-state index contributed by atoms with van der Waals surface area (Å²) in [5, 5.41) is 6.96. The van der Waals surface area contributed by atoms with Crippen LogP contribution >= 0.6 is 24.0 Å². The normalized spacial score (nSPS) is 23.7. The van der Waals surface area contributed by atoms with E-state index in [2.05, 4.69) is 46.2 Å². The zero-order chi connectivity index (χ0) is 18.1. The van der Waals surface area contributed by atoms with Crippen LogP contribution < -0.4 is 10.6 Å². The van der Waals surface area contributed by atoms with Crippen molar-refractivity contribution in [2.24, 2.45) is 10.9 Å². The predicted molar refractivity (Wildman–Crippen MR) is 121 cm³/mol. The van der Waals surface area contributed by atoms with E-state index in [0.29, 0.717) is 12.0 Å². The van der Waals surface area contributed by atoms with Gasteiger partial charge < -0.3 is 15.4 Å². The van der Waals surface area contributed by atoms with Crippen LogP contribution in [0.5, 0.6) is 0 Å². The Morgan fingerprint density at radius 3 is 2.54 bits per heavy atom. The van der Waals surface area contributed by atoms with E-state index in [1.807, 2.05) is 7.05 Å². The van der Waals surface area contributed by atoms with Crippen molar-refractivity contribution < 1.29 is 4.74 Å². The van der Waals surface area contributed by atoms with E-state index in [1.165, 1.54) is 32.4 Å². The highest BCUT2D eigenvalue weighted by Gasteiger charge is 2.22. The fourth-order valence-electron chi connectivity index (χ4n) is 3.87. The molecule has 0 radical (unpaired) electrons. The number of guanidine groups is 1. The third-order valence-corrected chi connectivity index (χ3v) is 5.20. The number of aliphatic imine (C=N–C) groups is 1. The summed E-state index contributed by atoms with van der Waals surface area (Å²) < 4.78 is 5.92. The van der Waals surface area contributed by atoms with E-state index in [1.54, 1.807) is 0 Å². The molecule has 0 spiro atoms. The Morgan fingerprint density at radius 2 is 1.92 bits per heavy atom. The SMILES string of the molecule is CCC(CNC(=NC)NCC1CN(CC(C)C)CCO1)N1CCCC1.I. The van der Waals surface area contributed by atoms with Crippen LogP contribution in [0.1, 0.15) is 40.0 Å². The molecule has 0 aromatic heterocycles. The third kappa shape index (κ3) is 8.27. The maximum absolute atomic E-state index is 5.92. The van der Waals surface area contributed by atoms with Crippen molar-refractivity contribution >= 4 is 29.9 Å². The predicted octanol–water partition coefficient (Wildman–Crippen LogP) is 2.00. The fourth-order valence-corrected chi connectivity index (χ4v) is 3.87. The fraction of sp³-hybridized carbons (Fsp3) is 0.947. The number of halogens is 1. The molecule has 7 heteroatoms. The summed E-state index contributed by atoms with van der Waals surface area (Å²) in [5.41, 5.74) is 0. The Kier molecular flexibility index (Phi) is 12.1. The van der Waals surface area contributed by atoms with Gasteiger partial charge in [0.25, 0.3) is 0 Å². The lowest BCUT2D eigenvalue weighted by atomic mass is 10.2. The lowest BCUT2D eigenvalue weighted by molar-refractivity contribution is -0.0284. The molecule has 154 valence electrons. The molecule has 2 rings (SSSR count). The molecular weight excluding hydrogens is 441 g/mol. The second-order valence-corrected chi connectivity index (χ2v) is 7.79. The van der Waals surface area contributed by atoms with E-state index in [4.69, 9.17) is 4.74 Å². The van der Waals surface area contributed by atoms with Gasteiger partial charge in [-0.3, -0.25) is 14.8 Å². The molecule has 0 aromatic carbocycles. The van der Waals surface area contributed by atoms with Crippen molar-refractivity contribution in [3.63, 3.8) is 0 Å². The summed E-state index contributed by atoms with van der Waals surface area (Å²) in [5.74, 6) is 1.60. The third-order valence-electron chi connectivity index (χ3n) is 5.20. The molecule has 0 amide bonds. The highest BCUT2D eigenvalue weighted by atomic mass is 127. The number of hydrogen-bond donors (Lipinski definition) is 2. The molecule has 0 aromatic rings. The van der Waals surface area contributed by atoms with Gasteiger partial charge in [-0.05, 0) is 38.3 Å². The van der Waals surface area contributed by atoms with Crippen molar-refractivity contribution in [2.75, 3.05) is 59.5 Å². The molecular formula is C19H40IN5O. The van der Waals surface area contributed by atoms with E-state index >= 15 is 0 Å². The summed E-state index contributed by atoms with van der Waals surface area (Å²) in [6.45, 7) is 15.1. The minimum Gasteiger partial charge on any atom is -0.374 e. The maximum Gasteiger partial charge on any atom is 0.191 e. The minimum absolute atomic E-state index is 0. The second kappa shape index (κ2) is 13.1. The molecule has 0 saturated carbocycles. The number of nitrogens with zero attached hydrogens (tertiary/aromatic N) is 3. The van der Waals surface area contributed by atoms with Gasteiger partial charge in [0.2, 0.25) is 0 Å². The molecule has 2 aliphatic heterocycles. The van der Waals surface area contributed by atoms with Crippen LogP contribution in [0.15, 0.2) is 4.99 Å². The molecule has 6 nitrogen and oxygen atoms in total. The summed E-state index contributed by atoms with van der Waals surface area (Å²) in [7, 11) is 1.85. The first-order valence-electron chi connectivity index (χ1n) is 10.1. The summed E-state index contributed by atoms with van der Waals surface area (Å²) in [6.07, 6.45) is 4.11. The van der Waals surface area contributed by atoms with Crippen molar-refractivity contribution in [1.82, 2.24) is 20.4 Å². The molecule has 2 heterocycles. The Bertz CT molecular complexity index is 401. The number of nitrogens with one attached hydrogen (secondary N) is 2. The Labute approximate surface area is 177 Å². The number of morpholine rings is 1. The van der Waals surface area contributed by atoms with Gasteiger partial charge in [0, 0.05) is 45.8 Å². The first-order valence-corrected chi connectivity index (χ1v) is 10.1. The van der Waals surface area contributed by atoms with Crippen molar-refractivity contribution in [3.8, 4) is 0 Å². The molecule has 2 fully saturated rings. The second-order valence-electron chi connectivity index (χ2n) is 7.79. The van der Waals surface area contributed by atoms with Crippen molar-refractivity contribution in [2.45, 2.75) is 52.2 Å². The lowest BCUT2D eigenvalue weighted by Crippen LogP contribution is -2.51. The number of hydrogen-bond acceptors (Lipinski definition) is 4. The largest absolute Gasteiger partial charge is 0.374 e. The highest BCUT2D eigenvalue weighted by molar-refractivity contribution is 14.0. The number of likely N-dealkylation sites (tertiary alicyclic amines) is 1. The molecule has 2 N–H and O–H groups in total. The summed E-state index contributed by atoms with van der Waals surface area (Å²) >= 11 is 0. The van der Waals surface area contributed by atoms with E-state index in [0.717, 1.165) is 45.3 Å².